The van der Waals surface area contributed by atoms with Crippen molar-refractivity contribution >= 4 is 11.0 Å². The predicted molar refractivity (Wildman–Crippen MR) is 81.8 cm³/mol. The van der Waals surface area contributed by atoms with Crippen molar-refractivity contribution in [3.63, 3.8) is 0 Å². The van der Waals surface area contributed by atoms with E-state index < -0.39 is 0 Å². The molecule has 104 valence electrons. The molecular weight excluding hydrogens is 260 g/mol. The molecule has 4 rings (SSSR count). The van der Waals surface area contributed by atoms with Crippen LogP contribution in [0.5, 0.6) is 0 Å². The van der Waals surface area contributed by atoms with Gasteiger partial charge >= 0.3 is 0 Å². The van der Waals surface area contributed by atoms with E-state index in [1.54, 1.807) is 6.20 Å². The Balaban J connectivity index is 1.72. The van der Waals surface area contributed by atoms with Crippen molar-refractivity contribution in [2.45, 2.75) is 24.8 Å². The van der Waals surface area contributed by atoms with Crippen LogP contribution >= 0.6 is 0 Å². The summed E-state index contributed by atoms with van der Waals surface area (Å²) in [6.07, 6.45) is 5.72. The lowest BCUT2D eigenvalue weighted by atomic mass is 9.95. The van der Waals surface area contributed by atoms with E-state index in [0.29, 0.717) is 0 Å². The average molecular weight is 276 g/mol. The van der Waals surface area contributed by atoms with Gasteiger partial charge in [0.15, 0.2) is 0 Å². The van der Waals surface area contributed by atoms with Crippen molar-refractivity contribution in [1.82, 2.24) is 15.0 Å². The maximum Gasteiger partial charge on any atom is 0.0890 e. The molecule has 2 unspecified atom stereocenters. The highest BCUT2D eigenvalue weighted by Gasteiger charge is 2.30. The summed E-state index contributed by atoms with van der Waals surface area (Å²) in [6, 6.07) is 11.8. The largest absolute Gasteiger partial charge is 0.322 e. The molecule has 21 heavy (non-hydrogen) atoms. The number of aryl methyl sites for hydroxylation is 1. The highest BCUT2D eigenvalue weighted by atomic mass is 14.9. The van der Waals surface area contributed by atoms with Crippen LogP contribution in [0.25, 0.3) is 11.0 Å². The number of hydrogen-bond acceptors (Lipinski definition) is 4. The zero-order chi connectivity index (χ0) is 14.2. The Kier molecular flexibility index (Phi) is 2.89. The molecule has 2 heterocycles. The minimum atomic E-state index is -0.154. The van der Waals surface area contributed by atoms with E-state index in [-0.39, 0.29) is 12.0 Å². The van der Waals surface area contributed by atoms with Crippen LogP contribution in [0.1, 0.15) is 35.3 Å². The molecule has 0 aliphatic heterocycles. The van der Waals surface area contributed by atoms with Gasteiger partial charge in [-0.2, -0.15) is 0 Å². The van der Waals surface area contributed by atoms with Crippen LogP contribution in [-0.4, -0.2) is 15.0 Å². The second-order valence-corrected chi connectivity index (χ2v) is 5.50. The van der Waals surface area contributed by atoms with Crippen LogP contribution < -0.4 is 5.73 Å². The minimum Gasteiger partial charge on any atom is -0.322 e. The number of para-hydroxylation sites is 2. The first-order valence-electron chi connectivity index (χ1n) is 7.24. The van der Waals surface area contributed by atoms with Gasteiger partial charge in [0.25, 0.3) is 0 Å². The van der Waals surface area contributed by atoms with Gasteiger partial charge in [-0.1, -0.05) is 18.2 Å². The monoisotopic (exact) mass is 276 g/mol. The first kappa shape index (κ1) is 12.4. The Morgan fingerprint density at radius 3 is 2.81 bits per heavy atom. The summed E-state index contributed by atoms with van der Waals surface area (Å²) in [6.45, 7) is 0. The number of rotatable bonds is 2. The Labute approximate surface area is 123 Å². The highest BCUT2D eigenvalue weighted by Crippen LogP contribution is 2.38. The quantitative estimate of drug-likeness (QED) is 0.781. The fraction of sp³-hybridized carbons (Fsp3) is 0.235. The van der Waals surface area contributed by atoms with Gasteiger partial charge in [0.2, 0.25) is 0 Å². The van der Waals surface area contributed by atoms with Crippen LogP contribution in [0, 0.1) is 0 Å². The molecule has 0 amide bonds. The van der Waals surface area contributed by atoms with E-state index >= 15 is 0 Å². The van der Waals surface area contributed by atoms with E-state index in [9.17, 15) is 0 Å². The smallest absolute Gasteiger partial charge is 0.0890 e. The second kappa shape index (κ2) is 4.90. The zero-order valence-corrected chi connectivity index (χ0v) is 11.6. The normalized spacial score (nSPS) is 18.6. The summed E-state index contributed by atoms with van der Waals surface area (Å²) in [4.78, 5) is 13.7. The third kappa shape index (κ3) is 2.08. The average Bonchev–Trinajstić information content (AvgIpc) is 2.98. The first-order valence-corrected chi connectivity index (χ1v) is 7.24. The van der Waals surface area contributed by atoms with Gasteiger partial charge < -0.3 is 5.73 Å². The molecule has 1 aliphatic rings. The van der Waals surface area contributed by atoms with Gasteiger partial charge in [0.05, 0.1) is 29.0 Å². The molecule has 4 nitrogen and oxygen atoms in total. The maximum absolute atomic E-state index is 6.46. The first-order chi connectivity index (χ1) is 10.3. The number of nitrogens with two attached hydrogens (primary N) is 1. The second-order valence-electron chi connectivity index (χ2n) is 5.50. The van der Waals surface area contributed by atoms with Crippen LogP contribution in [-0.2, 0) is 6.42 Å². The van der Waals surface area contributed by atoms with E-state index in [1.165, 1.54) is 5.56 Å². The van der Waals surface area contributed by atoms with Gasteiger partial charge in [-0.3, -0.25) is 9.97 Å². The van der Waals surface area contributed by atoms with E-state index in [2.05, 4.69) is 21.0 Å². The maximum atomic E-state index is 6.46. The topological polar surface area (TPSA) is 64.7 Å². The molecule has 2 atom stereocenters. The van der Waals surface area contributed by atoms with Crippen molar-refractivity contribution in [2.75, 3.05) is 0 Å². The standard InChI is InChI=1S/C17H16N4/c18-16(12-8-7-11-4-3-9-19-17(11)12)15-10-20-13-5-1-2-6-14(13)21-15/h1-6,9-10,12,16H,7-8,18H2. The van der Waals surface area contributed by atoms with Gasteiger partial charge in [0, 0.05) is 17.8 Å². The fourth-order valence-corrected chi connectivity index (χ4v) is 3.13. The number of benzene rings is 1. The summed E-state index contributed by atoms with van der Waals surface area (Å²) in [5, 5.41) is 0. The lowest BCUT2D eigenvalue weighted by Crippen LogP contribution is -2.20. The third-order valence-electron chi connectivity index (χ3n) is 4.24. The summed E-state index contributed by atoms with van der Waals surface area (Å²) in [5.74, 6) is 0.233. The minimum absolute atomic E-state index is 0.154. The molecule has 3 aromatic rings. The summed E-state index contributed by atoms with van der Waals surface area (Å²) < 4.78 is 0. The van der Waals surface area contributed by atoms with Crippen LogP contribution in [0.3, 0.4) is 0 Å². The molecule has 2 aromatic heterocycles. The van der Waals surface area contributed by atoms with Crippen molar-refractivity contribution < 1.29 is 0 Å². The molecule has 2 N–H and O–H groups in total. The molecule has 1 aromatic carbocycles. The summed E-state index contributed by atoms with van der Waals surface area (Å²) in [7, 11) is 0. The molecule has 0 radical (unpaired) electrons. The number of fused-ring (bicyclic) bond motifs is 2. The van der Waals surface area contributed by atoms with Crippen molar-refractivity contribution in [2.24, 2.45) is 5.73 Å². The predicted octanol–water partition coefficient (Wildman–Crippen LogP) is 2.75. The Hall–Kier alpha value is -2.33. The summed E-state index contributed by atoms with van der Waals surface area (Å²) in [5.41, 5.74) is 11.5. The van der Waals surface area contributed by atoms with Gasteiger partial charge in [0.1, 0.15) is 0 Å². The number of aromatic nitrogens is 3. The molecule has 0 fully saturated rings. The summed E-state index contributed by atoms with van der Waals surface area (Å²) >= 11 is 0. The lowest BCUT2D eigenvalue weighted by molar-refractivity contribution is 0.530. The number of nitrogens with zero attached hydrogens (tertiary/aromatic N) is 3. The molecule has 1 aliphatic carbocycles. The van der Waals surface area contributed by atoms with Gasteiger partial charge in [-0.05, 0) is 36.6 Å². The van der Waals surface area contributed by atoms with Crippen molar-refractivity contribution in [3.8, 4) is 0 Å². The lowest BCUT2D eigenvalue weighted by Gasteiger charge is -2.19. The molecular formula is C17H16N4. The fourth-order valence-electron chi connectivity index (χ4n) is 3.13. The molecule has 0 saturated heterocycles. The molecule has 0 bridgehead atoms. The SMILES string of the molecule is NC(c1cnc2ccccc2n1)C1CCc2cccnc21. The van der Waals surface area contributed by atoms with Crippen molar-refractivity contribution in [1.29, 1.82) is 0 Å². The van der Waals surface area contributed by atoms with E-state index in [0.717, 1.165) is 35.3 Å². The van der Waals surface area contributed by atoms with Crippen LogP contribution in [0.2, 0.25) is 0 Å². The van der Waals surface area contributed by atoms with Crippen LogP contribution in [0.15, 0.2) is 48.8 Å². The number of pyridine rings is 1. The molecule has 4 heteroatoms. The Morgan fingerprint density at radius 1 is 1.05 bits per heavy atom. The number of hydrogen-bond donors (Lipinski definition) is 1. The Bertz CT molecular complexity index is 799. The highest BCUT2D eigenvalue weighted by molar-refractivity contribution is 5.73. The molecule has 0 saturated carbocycles. The van der Waals surface area contributed by atoms with Gasteiger partial charge in [-0.15, -0.1) is 0 Å². The van der Waals surface area contributed by atoms with E-state index in [1.807, 2.05) is 36.5 Å². The van der Waals surface area contributed by atoms with Crippen LogP contribution in [0.4, 0.5) is 0 Å². The third-order valence-corrected chi connectivity index (χ3v) is 4.24. The van der Waals surface area contributed by atoms with Gasteiger partial charge in [-0.25, -0.2) is 4.98 Å². The zero-order valence-electron chi connectivity index (χ0n) is 11.6. The van der Waals surface area contributed by atoms with E-state index in [4.69, 9.17) is 5.73 Å². The Morgan fingerprint density at radius 2 is 1.90 bits per heavy atom. The van der Waals surface area contributed by atoms with Crippen molar-refractivity contribution in [3.05, 3.63) is 65.7 Å². The molecule has 0 spiro atoms.